The molecular weight excluding hydrogens is 252 g/mol. The molecule has 17 heavy (non-hydrogen) atoms. The lowest BCUT2D eigenvalue weighted by Gasteiger charge is -2.32. The fourth-order valence-electron chi connectivity index (χ4n) is 2.70. The second-order valence-electron chi connectivity index (χ2n) is 5.11. The highest BCUT2D eigenvalue weighted by molar-refractivity contribution is 7.19. The lowest BCUT2D eigenvalue weighted by atomic mass is 9.75. The van der Waals surface area contributed by atoms with Crippen molar-refractivity contribution in [1.29, 1.82) is 0 Å². The molecule has 0 atom stereocenters. The van der Waals surface area contributed by atoms with E-state index in [-0.39, 0.29) is 0 Å². The Bertz CT molecular complexity index is 543. The van der Waals surface area contributed by atoms with E-state index in [1.807, 2.05) is 0 Å². The molecule has 90 valence electrons. The topological polar surface area (TPSA) is 25.8 Å². The third-order valence-electron chi connectivity index (χ3n) is 3.82. The molecule has 2 nitrogen and oxygen atoms in total. The molecule has 1 fully saturated rings. The summed E-state index contributed by atoms with van der Waals surface area (Å²) < 4.78 is 1.04. The summed E-state index contributed by atoms with van der Waals surface area (Å²) in [5.41, 5.74) is 1.32. The van der Waals surface area contributed by atoms with E-state index in [2.05, 4.69) is 23.0 Å². The van der Waals surface area contributed by atoms with Crippen LogP contribution in [0.4, 0.5) is 0 Å². The van der Waals surface area contributed by atoms with E-state index in [9.17, 15) is 0 Å². The molecule has 0 amide bonds. The summed E-state index contributed by atoms with van der Waals surface area (Å²) in [6.45, 7) is 2.37. The summed E-state index contributed by atoms with van der Waals surface area (Å²) in [6.07, 6.45) is 8.16. The number of halogens is 1. The molecule has 1 aliphatic carbocycles. The minimum atomic E-state index is 0.326. The summed E-state index contributed by atoms with van der Waals surface area (Å²) in [5.74, 6) is 0. The average Bonchev–Trinajstić information content (AvgIpc) is 2.76. The molecule has 0 N–H and O–H groups in total. The summed E-state index contributed by atoms with van der Waals surface area (Å²) in [5, 5.41) is 0.589. The third-order valence-corrected chi connectivity index (χ3v) is 5.66. The van der Waals surface area contributed by atoms with Crippen LogP contribution in [0.15, 0.2) is 12.4 Å². The molecule has 3 rings (SSSR count). The van der Waals surface area contributed by atoms with Crippen LogP contribution in [0.25, 0.3) is 10.2 Å². The first-order valence-corrected chi connectivity index (χ1v) is 7.29. The number of hydrogen-bond acceptors (Lipinski definition) is 3. The van der Waals surface area contributed by atoms with Crippen molar-refractivity contribution in [3.05, 3.63) is 22.4 Å². The predicted octanol–water partition coefficient (Wildman–Crippen LogP) is 4.57. The Morgan fingerprint density at radius 3 is 2.71 bits per heavy atom. The summed E-state index contributed by atoms with van der Waals surface area (Å²) in [6, 6.07) is 2.21. The molecule has 0 spiro atoms. The largest absolute Gasteiger partial charge is 0.235 e. The van der Waals surface area contributed by atoms with Gasteiger partial charge in [-0.2, -0.15) is 0 Å². The average molecular weight is 267 g/mol. The van der Waals surface area contributed by atoms with Gasteiger partial charge < -0.3 is 0 Å². The number of rotatable bonds is 1. The van der Waals surface area contributed by atoms with E-state index in [1.165, 1.54) is 37.0 Å². The summed E-state index contributed by atoms with van der Waals surface area (Å²) in [7, 11) is 0. The number of hydrogen-bond donors (Lipinski definition) is 0. The summed E-state index contributed by atoms with van der Waals surface area (Å²) in [4.78, 5) is 9.78. The first-order chi connectivity index (χ1) is 8.19. The molecule has 1 aliphatic rings. The van der Waals surface area contributed by atoms with Crippen molar-refractivity contribution in [3.63, 3.8) is 0 Å². The highest BCUT2D eigenvalue weighted by Crippen LogP contribution is 2.44. The first kappa shape index (κ1) is 11.4. The van der Waals surface area contributed by atoms with E-state index in [1.54, 1.807) is 17.7 Å². The van der Waals surface area contributed by atoms with Gasteiger partial charge in [-0.15, -0.1) is 11.3 Å². The lowest BCUT2D eigenvalue weighted by molar-refractivity contribution is 0.325. The van der Waals surface area contributed by atoms with Crippen LogP contribution in [0.3, 0.4) is 0 Å². The van der Waals surface area contributed by atoms with Crippen molar-refractivity contribution in [3.8, 4) is 0 Å². The van der Waals surface area contributed by atoms with Gasteiger partial charge in [-0.1, -0.05) is 37.8 Å². The van der Waals surface area contributed by atoms with Crippen molar-refractivity contribution in [2.45, 2.75) is 44.4 Å². The number of aromatic nitrogens is 2. The van der Waals surface area contributed by atoms with Gasteiger partial charge in [0.2, 0.25) is 0 Å². The Balaban J connectivity index is 2.08. The smallest absolute Gasteiger partial charge is 0.150 e. The standard InChI is InChI=1S/C13H15ClN2S/c1-13(5-3-2-4-6-13)10-7-9-11(17-10)12(14)16-8-15-9/h7-8H,2-6H2,1H3. The Labute approximate surface area is 110 Å². The number of fused-ring (bicyclic) bond motifs is 1. The highest BCUT2D eigenvalue weighted by atomic mass is 35.5. The van der Waals surface area contributed by atoms with Crippen molar-refractivity contribution in [2.75, 3.05) is 0 Å². The first-order valence-electron chi connectivity index (χ1n) is 6.10. The zero-order valence-corrected chi connectivity index (χ0v) is 11.4. The van der Waals surface area contributed by atoms with Gasteiger partial charge in [0, 0.05) is 10.3 Å². The zero-order chi connectivity index (χ0) is 11.9. The van der Waals surface area contributed by atoms with E-state index < -0.39 is 0 Å². The Hall–Kier alpha value is -0.670. The van der Waals surface area contributed by atoms with Gasteiger partial charge in [0.05, 0.1) is 10.2 Å². The van der Waals surface area contributed by atoms with Gasteiger partial charge in [0.25, 0.3) is 0 Å². The minimum Gasteiger partial charge on any atom is -0.235 e. The molecule has 2 heterocycles. The summed E-state index contributed by atoms with van der Waals surface area (Å²) >= 11 is 7.89. The maximum atomic E-state index is 6.11. The molecule has 4 heteroatoms. The lowest BCUT2D eigenvalue weighted by Crippen LogP contribution is -2.23. The van der Waals surface area contributed by atoms with Crippen molar-refractivity contribution in [2.24, 2.45) is 0 Å². The van der Waals surface area contributed by atoms with E-state index in [0.29, 0.717) is 10.6 Å². The zero-order valence-electron chi connectivity index (χ0n) is 9.87. The van der Waals surface area contributed by atoms with E-state index >= 15 is 0 Å². The van der Waals surface area contributed by atoms with Crippen molar-refractivity contribution < 1.29 is 0 Å². The molecular formula is C13H15ClN2S. The van der Waals surface area contributed by atoms with Gasteiger partial charge in [-0.05, 0) is 18.9 Å². The number of thiophene rings is 1. The van der Waals surface area contributed by atoms with Crippen molar-refractivity contribution >= 4 is 33.2 Å². The van der Waals surface area contributed by atoms with Gasteiger partial charge in [-0.3, -0.25) is 0 Å². The maximum Gasteiger partial charge on any atom is 0.150 e. The Morgan fingerprint density at radius 2 is 2.00 bits per heavy atom. The van der Waals surface area contributed by atoms with E-state index in [0.717, 1.165) is 10.2 Å². The second kappa shape index (κ2) is 4.21. The fraction of sp³-hybridized carbons (Fsp3) is 0.538. The molecule has 0 radical (unpaired) electrons. The molecule has 1 saturated carbocycles. The van der Waals surface area contributed by atoms with Crippen molar-refractivity contribution in [1.82, 2.24) is 9.97 Å². The molecule has 0 aliphatic heterocycles. The van der Waals surface area contributed by atoms with Crippen LogP contribution < -0.4 is 0 Å². The molecule has 2 aromatic heterocycles. The minimum absolute atomic E-state index is 0.326. The molecule has 2 aromatic rings. The van der Waals surface area contributed by atoms with Crippen LogP contribution in [0.2, 0.25) is 5.15 Å². The van der Waals surface area contributed by atoms with Crippen LogP contribution in [0.5, 0.6) is 0 Å². The molecule has 0 bridgehead atoms. The van der Waals surface area contributed by atoms with Gasteiger partial charge in [0.1, 0.15) is 11.5 Å². The highest BCUT2D eigenvalue weighted by Gasteiger charge is 2.30. The van der Waals surface area contributed by atoms with Gasteiger partial charge in [-0.25, -0.2) is 9.97 Å². The Kier molecular flexibility index (Phi) is 2.83. The van der Waals surface area contributed by atoms with Crippen LogP contribution in [-0.2, 0) is 5.41 Å². The fourth-order valence-corrected chi connectivity index (χ4v) is 4.15. The maximum absolute atomic E-state index is 6.11. The van der Waals surface area contributed by atoms with Crippen LogP contribution in [0.1, 0.15) is 43.9 Å². The van der Waals surface area contributed by atoms with Crippen LogP contribution in [-0.4, -0.2) is 9.97 Å². The van der Waals surface area contributed by atoms with Crippen LogP contribution in [0, 0.1) is 0 Å². The SMILES string of the molecule is CC1(c2cc3ncnc(Cl)c3s2)CCCCC1. The van der Waals surface area contributed by atoms with E-state index in [4.69, 9.17) is 11.6 Å². The predicted molar refractivity (Wildman–Crippen MR) is 72.9 cm³/mol. The van der Waals surface area contributed by atoms with Gasteiger partial charge >= 0.3 is 0 Å². The molecule has 0 unspecified atom stereocenters. The molecule has 0 saturated heterocycles. The monoisotopic (exact) mass is 266 g/mol. The van der Waals surface area contributed by atoms with Crippen LogP contribution >= 0.6 is 22.9 Å². The Morgan fingerprint density at radius 1 is 1.24 bits per heavy atom. The van der Waals surface area contributed by atoms with Gasteiger partial charge in [0.15, 0.2) is 0 Å². The third kappa shape index (κ3) is 1.95. The quantitative estimate of drug-likeness (QED) is 0.707. The number of nitrogens with zero attached hydrogens (tertiary/aromatic N) is 2. The second-order valence-corrected chi connectivity index (χ2v) is 6.52. The normalized spacial score (nSPS) is 19.6. The molecule has 0 aromatic carbocycles.